The van der Waals surface area contributed by atoms with Gasteiger partial charge in [-0.05, 0) is 13.8 Å². The van der Waals surface area contributed by atoms with Crippen molar-refractivity contribution < 1.29 is 14.3 Å². The fraction of sp³-hybridized carbons (Fsp3) is 0.750. The molecule has 0 unspecified atom stereocenters. The Bertz CT molecular complexity index is 84.6. The maximum Gasteiger partial charge on any atom is 0.309 e. The number of nitrogens with two attached hydrogens (primary N) is 2. The Labute approximate surface area is 63.1 Å². The molecular formula is C4H14N2O3Si. The van der Waals surface area contributed by atoms with E-state index in [9.17, 15) is 0 Å². The monoisotopic (exact) mass is 166 g/mol. The lowest BCUT2D eigenvalue weighted by Gasteiger charge is -1.99. The van der Waals surface area contributed by atoms with Crippen LogP contribution < -0.4 is 11.5 Å². The molecule has 0 aliphatic rings. The van der Waals surface area contributed by atoms with Crippen molar-refractivity contribution in [3.63, 3.8) is 0 Å². The average Bonchev–Trinajstić information content (AvgIpc) is 1.62. The molecule has 0 aliphatic carbocycles. The zero-order valence-corrected chi connectivity index (χ0v) is 8.46. The Morgan fingerprint density at radius 3 is 1.80 bits per heavy atom. The summed E-state index contributed by atoms with van der Waals surface area (Å²) in [7, 11) is 0.665. The van der Waals surface area contributed by atoms with Crippen molar-refractivity contribution in [3.05, 3.63) is 0 Å². The number of carbonyl (C=O) groups is 1. The topological polar surface area (TPSA) is 87.6 Å². The van der Waals surface area contributed by atoms with E-state index in [1.54, 1.807) is 0 Å². The van der Waals surface area contributed by atoms with Crippen LogP contribution in [0.1, 0.15) is 13.8 Å². The number of hydrogen-bond donors (Lipinski definition) is 2. The van der Waals surface area contributed by atoms with Gasteiger partial charge in [-0.15, -0.1) is 0 Å². The summed E-state index contributed by atoms with van der Waals surface area (Å²) in [4.78, 5) is 13.6. The van der Waals surface area contributed by atoms with Crippen LogP contribution in [0.15, 0.2) is 0 Å². The highest BCUT2D eigenvalue weighted by Crippen LogP contribution is 1.83. The standard InChI is InChI=1S/C3H10O2Si.CH4N2O/c1-3(2)4-5-6;2-1(3)4/h3H,1-2,6H3;(H4,2,3,4). The van der Waals surface area contributed by atoms with Crippen LogP contribution in [0.2, 0.25) is 0 Å². The van der Waals surface area contributed by atoms with Crippen LogP contribution in [0.4, 0.5) is 4.79 Å². The van der Waals surface area contributed by atoms with Crippen LogP contribution in [-0.2, 0) is 9.46 Å². The summed E-state index contributed by atoms with van der Waals surface area (Å²) in [6, 6.07) is -0.833. The number of hydrogen-bond acceptors (Lipinski definition) is 3. The van der Waals surface area contributed by atoms with E-state index in [1.807, 2.05) is 13.8 Å². The lowest BCUT2D eigenvalue weighted by atomic mass is 10.5. The zero-order valence-electron chi connectivity index (χ0n) is 6.46. The van der Waals surface area contributed by atoms with Crippen molar-refractivity contribution in [2.24, 2.45) is 11.5 Å². The molecule has 0 rings (SSSR count). The second-order valence-corrected chi connectivity index (χ2v) is 2.05. The van der Waals surface area contributed by atoms with Crippen LogP contribution in [0.5, 0.6) is 0 Å². The maximum absolute atomic E-state index is 9.00. The molecule has 0 aromatic rings. The normalized spacial score (nSPS) is 8.70. The highest BCUT2D eigenvalue weighted by atomic mass is 28.2. The summed E-state index contributed by atoms with van der Waals surface area (Å²) in [5.74, 6) is 0. The van der Waals surface area contributed by atoms with Gasteiger partial charge >= 0.3 is 6.03 Å². The van der Waals surface area contributed by atoms with Crippen molar-refractivity contribution in [3.8, 4) is 0 Å². The molecule has 0 saturated heterocycles. The first-order valence-corrected chi connectivity index (χ1v) is 3.56. The summed E-state index contributed by atoms with van der Waals surface area (Å²) in [5, 5.41) is 0. The summed E-state index contributed by atoms with van der Waals surface area (Å²) in [5.41, 5.74) is 8.50. The predicted molar refractivity (Wildman–Crippen MR) is 41.0 cm³/mol. The maximum atomic E-state index is 9.00. The average molecular weight is 166 g/mol. The molecule has 4 N–H and O–H groups in total. The molecule has 0 fully saturated rings. The highest BCUT2D eigenvalue weighted by molar-refractivity contribution is 5.97. The third-order valence-corrected chi connectivity index (χ3v) is 0.481. The zero-order chi connectivity index (χ0) is 8.57. The molecule has 0 radical (unpaired) electrons. The smallest absolute Gasteiger partial charge is 0.309 e. The second kappa shape index (κ2) is 8.41. The van der Waals surface area contributed by atoms with Gasteiger partial charge in [-0.3, -0.25) is 4.58 Å². The highest BCUT2D eigenvalue weighted by Gasteiger charge is 1.85. The van der Waals surface area contributed by atoms with Crippen molar-refractivity contribution in [2.45, 2.75) is 20.0 Å². The molecule has 0 bridgehead atoms. The first kappa shape index (κ1) is 12.1. The van der Waals surface area contributed by atoms with Gasteiger partial charge in [-0.1, -0.05) is 0 Å². The largest absolute Gasteiger partial charge is 0.352 e. The predicted octanol–water partition coefficient (Wildman–Crippen LogP) is -1.35. The van der Waals surface area contributed by atoms with Gasteiger partial charge < -0.3 is 11.5 Å². The van der Waals surface area contributed by atoms with Crippen LogP contribution in [-0.4, -0.2) is 22.6 Å². The van der Waals surface area contributed by atoms with E-state index in [0.717, 1.165) is 0 Å². The molecule has 10 heavy (non-hydrogen) atoms. The Morgan fingerprint density at radius 1 is 1.50 bits per heavy atom. The number of carbonyl (C=O) groups excluding carboxylic acids is 1. The molecule has 0 aromatic carbocycles. The fourth-order valence-corrected chi connectivity index (χ4v) is 0.577. The first-order valence-electron chi connectivity index (χ1n) is 2.75. The van der Waals surface area contributed by atoms with Gasteiger partial charge in [0.15, 0.2) is 10.5 Å². The molecule has 0 heterocycles. The van der Waals surface area contributed by atoms with Gasteiger partial charge in [0.25, 0.3) is 0 Å². The van der Waals surface area contributed by atoms with Crippen LogP contribution in [0.25, 0.3) is 0 Å². The summed E-state index contributed by atoms with van der Waals surface area (Å²) in [6.45, 7) is 3.86. The van der Waals surface area contributed by atoms with Gasteiger partial charge in [-0.2, -0.15) is 0 Å². The van der Waals surface area contributed by atoms with E-state index in [-0.39, 0.29) is 6.10 Å². The first-order chi connectivity index (χ1) is 4.50. The second-order valence-electron chi connectivity index (χ2n) is 1.71. The van der Waals surface area contributed by atoms with Crippen LogP contribution in [0, 0.1) is 0 Å². The molecular weight excluding hydrogens is 152 g/mol. The van der Waals surface area contributed by atoms with E-state index >= 15 is 0 Å². The molecule has 0 atom stereocenters. The SMILES string of the molecule is CC(C)OO[SiH3].NC(N)=O. The molecule has 62 valence electrons. The summed E-state index contributed by atoms with van der Waals surface area (Å²) < 4.78 is 4.44. The molecule has 5 nitrogen and oxygen atoms in total. The van der Waals surface area contributed by atoms with E-state index in [1.165, 1.54) is 0 Å². The number of rotatable bonds is 2. The van der Waals surface area contributed by atoms with Gasteiger partial charge in [0.1, 0.15) is 0 Å². The number of primary amides is 2. The van der Waals surface area contributed by atoms with E-state index < -0.39 is 6.03 Å². The van der Waals surface area contributed by atoms with Crippen LogP contribution >= 0.6 is 0 Å². The molecule has 0 spiro atoms. The minimum atomic E-state index is -0.833. The number of amides is 2. The number of urea groups is 1. The van der Waals surface area contributed by atoms with Crippen molar-refractivity contribution >= 4 is 16.5 Å². The Balaban J connectivity index is 0. The van der Waals surface area contributed by atoms with Gasteiger partial charge in [0.05, 0.1) is 6.10 Å². The summed E-state index contributed by atoms with van der Waals surface area (Å²) in [6.07, 6.45) is 0.211. The van der Waals surface area contributed by atoms with E-state index in [4.69, 9.17) is 4.79 Å². The van der Waals surface area contributed by atoms with Crippen molar-refractivity contribution in [1.82, 2.24) is 0 Å². The Morgan fingerprint density at radius 2 is 1.80 bits per heavy atom. The summed E-state index contributed by atoms with van der Waals surface area (Å²) >= 11 is 0. The van der Waals surface area contributed by atoms with E-state index in [0.29, 0.717) is 10.5 Å². The minimum absolute atomic E-state index is 0.211. The lowest BCUT2D eigenvalue weighted by Crippen LogP contribution is -2.18. The molecule has 0 aromatic heterocycles. The van der Waals surface area contributed by atoms with Crippen molar-refractivity contribution in [1.29, 1.82) is 0 Å². The van der Waals surface area contributed by atoms with Gasteiger partial charge in [0.2, 0.25) is 0 Å². The van der Waals surface area contributed by atoms with Gasteiger partial charge in [0, 0.05) is 0 Å². The Kier molecular flexibility index (Phi) is 10.2. The third-order valence-electron chi connectivity index (χ3n) is 0.289. The lowest BCUT2D eigenvalue weighted by molar-refractivity contribution is -0.232. The molecule has 6 heteroatoms. The fourth-order valence-electron chi connectivity index (χ4n) is 0.192. The van der Waals surface area contributed by atoms with Crippen LogP contribution in [0.3, 0.4) is 0 Å². The molecule has 2 amide bonds. The minimum Gasteiger partial charge on any atom is -0.352 e. The van der Waals surface area contributed by atoms with Crippen molar-refractivity contribution in [2.75, 3.05) is 0 Å². The molecule has 0 aliphatic heterocycles. The Hall–Kier alpha value is -0.593. The third kappa shape index (κ3) is 52.5. The van der Waals surface area contributed by atoms with E-state index in [2.05, 4.69) is 20.9 Å². The quantitative estimate of drug-likeness (QED) is 0.302. The van der Waals surface area contributed by atoms with Gasteiger partial charge in [-0.25, -0.2) is 9.68 Å². The molecule has 0 saturated carbocycles.